The van der Waals surface area contributed by atoms with Gasteiger partial charge in [-0.1, -0.05) is 6.92 Å². The molecule has 1 aromatic rings. The van der Waals surface area contributed by atoms with Crippen LogP contribution in [0.2, 0.25) is 0 Å². The summed E-state index contributed by atoms with van der Waals surface area (Å²) in [6, 6.07) is 0. The van der Waals surface area contributed by atoms with Crippen molar-refractivity contribution in [2.45, 2.75) is 19.9 Å². The van der Waals surface area contributed by atoms with Crippen LogP contribution in [-0.2, 0) is 13.6 Å². The minimum atomic E-state index is 0.894. The van der Waals surface area contributed by atoms with Gasteiger partial charge in [0.2, 0.25) is 5.95 Å². The summed E-state index contributed by atoms with van der Waals surface area (Å²) in [4.78, 5) is 6.36. The van der Waals surface area contributed by atoms with Gasteiger partial charge in [0.05, 0.1) is 11.9 Å². The zero-order chi connectivity index (χ0) is 10.6. The molecule has 1 heterocycles. The molecular formula is C10H20N4. The molecule has 1 aromatic heterocycles. The van der Waals surface area contributed by atoms with Gasteiger partial charge < -0.3 is 14.8 Å². The second-order valence-corrected chi connectivity index (χ2v) is 3.68. The smallest absolute Gasteiger partial charge is 0.204 e. The monoisotopic (exact) mass is 196 g/mol. The number of anilines is 1. The molecule has 4 heteroatoms. The van der Waals surface area contributed by atoms with Crippen LogP contribution in [0.4, 0.5) is 5.95 Å². The standard InChI is InChI=1S/C10H20N4/c1-5-6-11-7-9-8-12-10(13(2)3)14(9)4/h8,11H,5-7H2,1-4H3. The summed E-state index contributed by atoms with van der Waals surface area (Å²) in [7, 11) is 6.06. The van der Waals surface area contributed by atoms with Crippen LogP contribution < -0.4 is 10.2 Å². The molecule has 0 aliphatic carbocycles. The van der Waals surface area contributed by atoms with Gasteiger partial charge in [0.25, 0.3) is 0 Å². The summed E-state index contributed by atoms with van der Waals surface area (Å²) in [5.74, 6) is 0.998. The third-order valence-corrected chi connectivity index (χ3v) is 2.19. The van der Waals surface area contributed by atoms with Crippen LogP contribution in [0.1, 0.15) is 19.0 Å². The molecule has 1 N–H and O–H groups in total. The van der Waals surface area contributed by atoms with Crippen molar-refractivity contribution in [2.24, 2.45) is 7.05 Å². The fraction of sp³-hybridized carbons (Fsp3) is 0.700. The predicted octanol–water partition coefficient (Wildman–Crippen LogP) is 0.986. The van der Waals surface area contributed by atoms with Gasteiger partial charge in [0, 0.05) is 27.7 Å². The van der Waals surface area contributed by atoms with E-state index in [0.717, 1.165) is 19.0 Å². The Morgan fingerprint density at radius 3 is 2.71 bits per heavy atom. The van der Waals surface area contributed by atoms with Gasteiger partial charge in [-0.05, 0) is 13.0 Å². The van der Waals surface area contributed by atoms with E-state index in [1.807, 2.05) is 32.2 Å². The molecule has 0 unspecified atom stereocenters. The molecule has 0 fully saturated rings. The highest BCUT2D eigenvalue weighted by Crippen LogP contribution is 2.10. The lowest BCUT2D eigenvalue weighted by atomic mass is 10.4. The molecule has 0 radical (unpaired) electrons. The van der Waals surface area contributed by atoms with Crippen LogP contribution in [0.5, 0.6) is 0 Å². The highest BCUT2D eigenvalue weighted by molar-refractivity contribution is 5.30. The molecule has 1 rings (SSSR count). The Morgan fingerprint density at radius 1 is 1.50 bits per heavy atom. The van der Waals surface area contributed by atoms with Crippen molar-refractivity contribution in [3.05, 3.63) is 11.9 Å². The zero-order valence-corrected chi connectivity index (χ0v) is 9.54. The van der Waals surface area contributed by atoms with E-state index in [0.29, 0.717) is 0 Å². The molecule has 80 valence electrons. The lowest BCUT2D eigenvalue weighted by molar-refractivity contribution is 0.644. The second-order valence-electron chi connectivity index (χ2n) is 3.68. The van der Waals surface area contributed by atoms with Crippen molar-refractivity contribution in [2.75, 3.05) is 25.5 Å². The third kappa shape index (κ3) is 2.48. The molecule has 0 aliphatic heterocycles. The van der Waals surface area contributed by atoms with Crippen LogP contribution in [0, 0.1) is 0 Å². The molecule has 0 amide bonds. The summed E-state index contributed by atoms with van der Waals surface area (Å²) in [5, 5.41) is 3.37. The summed E-state index contributed by atoms with van der Waals surface area (Å²) in [5.41, 5.74) is 1.22. The van der Waals surface area contributed by atoms with Crippen molar-refractivity contribution in [1.29, 1.82) is 0 Å². The van der Waals surface area contributed by atoms with Gasteiger partial charge in [0.15, 0.2) is 0 Å². The van der Waals surface area contributed by atoms with E-state index < -0.39 is 0 Å². The molecule has 0 bridgehead atoms. The normalized spacial score (nSPS) is 10.6. The average Bonchev–Trinajstić information content (AvgIpc) is 2.48. The van der Waals surface area contributed by atoms with Crippen molar-refractivity contribution in [3.63, 3.8) is 0 Å². The van der Waals surface area contributed by atoms with Crippen LogP contribution in [0.3, 0.4) is 0 Å². The highest BCUT2D eigenvalue weighted by Gasteiger charge is 2.06. The first-order valence-electron chi connectivity index (χ1n) is 5.05. The zero-order valence-electron chi connectivity index (χ0n) is 9.54. The molecule has 0 spiro atoms. The van der Waals surface area contributed by atoms with Crippen molar-refractivity contribution in [1.82, 2.24) is 14.9 Å². The average molecular weight is 196 g/mol. The van der Waals surface area contributed by atoms with Gasteiger partial charge in [-0.15, -0.1) is 0 Å². The molecule has 0 aliphatic rings. The van der Waals surface area contributed by atoms with Crippen molar-refractivity contribution >= 4 is 5.95 Å². The van der Waals surface area contributed by atoms with Crippen LogP contribution in [-0.4, -0.2) is 30.2 Å². The molecule has 14 heavy (non-hydrogen) atoms. The lowest BCUT2D eigenvalue weighted by Crippen LogP contribution is -2.18. The molecule has 0 aromatic carbocycles. The third-order valence-electron chi connectivity index (χ3n) is 2.19. The largest absolute Gasteiger partial charge is 0.348 e. The van der Waals surface area contributed by atoms with Gasteiger partial charge >= 0.3 is 0 Å². The topological polar surface area (TPSA) is 33.1 Å². The number of aromatic nitrogens is 2. The lowest BCUT2D eigenvalue weighted by Gasteiger charge is -2.12. The minimum Gasteiger partial charge on any atom is -0.348 e. The number of nitrogens with zero attached hydrogens (tertiary/aromatic N) is 3. The van der Waals surface area contributed by atoms with E-state index >= 15 is 0 Å². The predicted molar refractivity (Wildman–Crippen MR) is 59.5 cm³/mol. The fourth-order valence-electron chi connectivity index (χ4n) is 1.41. The Morgan fingerprint density at radius 2 is 2.21 bits per heavy atom. The van der Waals surface area contributed by atoms with E-state index in [2.05, 4.69) is 21.8 Å². The van der Waals surface area contributed by atoms with Gasteiger partial charge in [-0.3, -0.25) is 0 Å². The van der Waals surface area contributed by atoms with E-state index in [4.69, 9.17) is 0 Å². The first-order chi connectivity index (χ1) is 6.66. The molecule has 0 saturated heterocycles. The summed E-state index contributed by atoms with van der Waals surface area (Å²) in [6.07, 6.45) is 3.09. The van der Waals surface area contributed by atoms with Crippen LogP contribution >= 0.6 is 0 Å². The Hall–Kier alpha value is -1.03. The molecular weight excluding hydrogens is 176 g/mol. The van der Waals surface area contributed by atoms with Crippen molar-refractivity contribution < 1.29 is 0 Å². The van der Waals surface area contributed by atoms with Crippen LogP contribution in [0.25, 0.3) is 0 Å². The van der Waals surface area contributed by atoms with E-state index in [1.54, 1.807) is 0 Å². The maximum Gasteiger partial charge on any atom is 0.204 e. The Balaban J connectivity index is 2.60. The summed E-state index contributed by atoms with van der Waals surface area (Å²) < 4.78 is 2.11. The number of nitrogens with one attached hydrogen (secondary N) is 1. The number of imidazole rings is 1. The number of hydrogen-bond acceptors (Lipinski definition) is 3. The Bertz CT molecular complexity index is 278. The van der Waals surface area contributed by atoms with E-state index in [9.17, 15) is 0 Å². The second kappa shape index (κ2) is 5.00. The highest BCUT2D eigenvalue weighted by atomic mass is 15.3. The Kier molecular flexibility index (Phi) is 3.95. The SMILES string of the molecule is CCCNCc1cnc(N(C)C)n1C. The van der Waals surface area contributed by atoms with E-state index in [-0.39, 0.29) is 0 Å². The quantitative estimate of drug-likeness (QED) is 0.713. The summed E-state index contributed by atoms with van der Waals surface area (Å²) in [6.45, 7) is 4.12. The summed E-state index contributed by atoms with van der Waals surface area (Å²) >= 11 is 0. The van der Waals surface area contributed by atoms with Crippen molar-refractivity contribution in [3.8, 4) is 0 Å². The number of rotatable bonds is 5. The maximum absolute atomic E-state index is 4.34. The van der Waals surface area contributed by atoms with Gasteiger partial charge in [-0.2, -0.15) is 0 Å². The van der Waals surface area contributed by atoms with E-state index in [1.165, 1.54) is 12.1 Å². The van der Waals surface area contributed by atoms with Gasteiger partial charge in [-0.25, -0.2) is 4.98 Å². The molecule has 0 atom stereocenters. The maximum atomic E-state index is 4.34. The first kappa shape index (κ1) is 11.0. The first-order valence-corrected chi connectivity index (χ1v) is 5.05. The Labute approximate surface area is 85.9 Å². The molecule has 0 saturated carbocycles. The van der Waals surface area contributed by atoms with Crippen LogP contribution in [0.15, 0.2) is 6.20 Å². The fourth-order valence-corrected chi connectivity index (χ4v) is 1.41. The minimum absolute atomic E-state index is 0.894. The number of hydrogen-bond donors (Lipinski definition) is 1. The molecule has 4 nitrogen and oxygen atoms in total. The van der Waals surface area contributed by atoms with Gasteiger partial charge in [0.1, 0.15) is 0 Å².